The van der Waals surface area contributed by atoms with Crippen molar-refractivity contribution >= 4 is 34.3 Å². The van der Waals surface area contributed by atoms with Crippen LogP contribution in [0.2, 0.25) is 5.02 Å². The van der Waals surface area contributed by atoms with Crippen molar-refractivity contribution in [2.75, 3.05) is 13.2 Å². The second-order valence-corrected chi connectivity index (χ2v) is 6.38. The summed E-state index contributed by atoms with van der Waals surface area (Å²) in [5.74, 6) is -2.90. The van der Waals surface area contributed by atoms with Crippen molar-refractivity contribution in [3.8, 4) is 0 Å². The van der Waals surface area contributed by atoms with E-state index in [0.29, 0.717) is 41.3 Å². The third-order valence-corrected chi connectivity index (χ3v) is 4.31. The zero-order chi connectivity index (χ0) is 19.6. The molecule has 27 heavy (non-hydrogen) atoms. The second kappa shape index (κ2) is 8.15. The topological polar surface area (TPSA) is 35.3 Å². The first-order valence-corrected chi connectivity index (χ1v) is 8.77. The molecule has 0 fully saturated rings. The molecule has 3 nitrogen and oxygen atoms in total. The summed E-state index contributed by atoms with van der Waals surface area (Å²) in [5, 5.41) is 0.504. The van der Waals surface area contributed by atoms with Crippen LogP contribution in [0.3, 0.4) is 0 Å². The van der Waals surface area contributed by atoms with Crippen LogP contribution in [0.5, 0.6) is 0 Å². The van der Waals surface area contributed by atoms with Crippen molar-refractivity contribution in [3.63, 3.8) is 0 Å². The molecular weight excluding hydrogens is 379 g/mol. The molecule has 3 aromatic rings. The van der Waals surface area contributed by atoms with E-state index in [0.717, 1.165) is 6.07 Å². The molecule has 0 bridgehead atoms. The molecule has 7 heteroatoms. The van der Waals surface area contributed by atoms with Crippen molar-refractivity contribution in [2.24, 2.45) is 0 Å². The minimum absolute atomic E-state index is 0.0850. The molecule has 0 saturated carbocycles. The van der Waals surface area contributed by atoms with Crippen LogP contribution in [0.25, 0.3) is 22.7 Å². The molecule has 0 unspecified atom stereocenters. The second-order valence-electron chi connectivity index (χ2n) is 5.95. The van der Waals surface area contributed by atoms with E-state index in [9.17, 15) is 13.2 Å². The summed E-state index contributed by atoms with van der Waals surface area (Å²) >= 11 is 5.97. The van der Waals surface area contributed by atoms with Gasteiger partial charge in [0.25, 0.3) is 0 Å². The van der Waals surface area contributed by atoms with E-state index in [4.69, 9.17) is 20.8 Å². The Labute approximate surface area is 159 Å². The number of halogens is 4. The van der Waals surface area contributed by atoms with E-state index < -0.39 is 17.5 Å². The van der Waals surface area contributed by atoms with Gasteiger partial charge in [-0.25, -0.2) is 18.2 Å². The molecular formula is C20H17ClF3NO2. The Balaban J connectivity index is 2.08. The SMILES string of the molecule is CCOCCC(=Cc1cc(F)c(F)c(C)c1F)c1nc2cc(Cl)ccc2o1. The fourth-order valence-corrected chi connectivity index (χ4v) is 2.82. The average Bonchev–Trinajstić information content (AvgIpc) is 3.06. The highest BCUT2D eigenvalue weighted by molar-refractivity contribution is 6.31. The Bertz CT molecular complexity index is 1010. The van der Waals surface area contributed by atoms with Crippen LogP contribution in [0.1, 0.15) is 30.4 Å². The van der Waals surface area contributed by atoms with Gasteiger partial charge in [0.05, 0.1) is 6.61 Å². The number of benzene rings is 2. The molecule has 0 aliphatic carbocycles. The Morgan fingerprint density at radius 2 is 2.00 bits per heavy atom. The van der Waals surface area contributed by atoms with Crippen molar-refractivity contribution in [1.82, 2.24) is 4.98 Å². The maximum Gasteiger partial charge on any atom is 0.223 e. The molecule has 0 radical (unpaired) electrons. The van der Waals surface area contributed by atoms with Crippen LogP contribution in [0.4, 0.5) is 13.2 Å². The molecule has 0 aliphatic heterocycles. The first kappa shape index (κ1) is 19.5. The van der Waals surface area contributed by atoms with Gasteiger partial charge < -0.3 is 9.15 Å². The lowest BCUT2D eigenvalue weighted by Gasteiger charge is -2.08. The number of hydrogen-bond donors (Lipinski definition) is 0. The highest BCUT2D eigenvalue weighted by atomic mass is 35.5. The summed E-state index contributed by atoms with van der Waals surface area (Å²) in [5.41, 5.74) is 1.09. The molecule has 0 amide bonds. The maximum absolute atomic E-state index is 14.4. The zero-order valence-corrected chi connectivity index (χ0v) is 15.5. The minimum Gasteiger partial charge on any atom is -0.436 e. The summed E-state index contributed by atoms with van der Waals surface area (Å²) < 4.78 is 52.8. The van der Waals surface area contributed by atoms with Crippen LogP contribution in [0, 0.1) is 24.4 Å². The predicted molar refractivity (Wildman–Crippen MR) is 99.1 cm³/mol. The summed E-state index contributed by atoms with van der Waals surface area (Å²) in [4.78, 5) is 4.38. The number of oxazole rings is 1. The number of aromatic nitrogens is 1. The lowest BCUT2D eigenvalue weighted by atomic mass is 10.0. The Morgan fingerprint density at radius 3 is 2.74 bits per heavy atom. The fourth-order valence-electron chi connectivity index (χ4n) is 2.65. The van der Waals surface area contributed by atoms with E-state index in [1.54, 1.807) is 18.2 Å². The third kappa shape index (κ3) is 4.17. The smallest absolute Gasteiger partial charge is 0.223 e. The molecule has 0 saturated heterocycles. The largest absolute Gasteiger partial charge is 0.436 e. The van der Waals surface area contributed by atoms with Gasteiger partial charge in [0.1, 0.15) is 11.3 Å². The Kier molecular flexibility index (Phi) is 5.87. The van der Waals surface area contributed by atoms with Crippen LogP contribution >= 0.6 is 11.6 Å². The van der Waals surface area contributed by atoms with Gasteiger partial charge in [0.15, 0.2) is 17.2 Å². The Hall–Kier alpha value is -2.31. The zero-order valence-electron chi connectivity index (χ0n) is 14.8. The summed E-state index contributed by atoms with van der Waals surface area (Å²) in [6, 6.07) is 5.81. The number of rotatable bonds is 6. The molecule has 1 aromatic heterocycles. The van der Waals surface area contributed by atoms with Gasteiger partial charge in [0, 0.05) is 34.8 Å². The third-order valence-electron chi connectivity index (χ3n) is 4.08. The van der Waals surface area contributed by atoms with E-state index >= 15 is 0 Å². The van der Waals surface area contributed by atoms with Crippen molar-refractivity contribution < 1.29 is 22.3 Å². The highest BCUT2D eigenvalue weighted by Gasteiger charge is 2.17. The van der Waals surface area contributed by atoms with Crippen molar-refractivity contribution in [1.29, 1.82) is 0 Å². The standard InChI is InChI=1S/C20H17ClF3NO2/c1-3-26-7-6-12(8-13-9-15(22)19(24)11(2)18(13)23)20-25-16-10-14(21)4-5-17(16)27-20/h4-5,8-10H,3,6-7H2,1-2H3. The lowest BCUT2D eigenvalue weighted by Crippen LogP contribution is -1.99. The number of ether oxygens (including phenoxy) is 1. The number of nitrogens with zero attached hydrogens (tertiary/aromatic N) is 1. The van der Waals surface area contributed by atoms with Crippen LogP contribution in [0.15, 0.2) is 28.7 Å². The number of hydrogen-bond acceptors (Lipinski definition) is 3. The molecule has 2 aromatic carbocycles. The van der Waals surface area contributed by atoms with E-state index in [-0.39, 0.29) is 17.0 Å². The lowest BCUT2D eigenvalue weighted by molar-refractivity contribution is 0.153. The van der Waals surface area contributed by atoms with Gasteiger partial charge in [-0.05, 0) is 44.2 Å². The highest BCUT2D eigenvalue weighted by Crippen LogP contribution is 2.29. The molecule has 142 valence electrons. The fraction of sp³-hybridized carbons (Fsp3) is 0.250. The predicted octanol–water partition coefficient (Wildman–Crippen LogP) is 6.17. The van der Waals surface area contributed by atoms with Gasteiger partial charge in [0.2, 0.25) is 5.89 Å². The van der Waals surface area contributed by atoms with Gasteiger partial charge in [-0.3, -0.25) is 0 Å². The molecule has 0 spiro atoms. The molecule has 0 atom stereocenters. The van der Waals surface area contributed by atoms with Crippen LogP contribution in [-0.4, -0.2) is 18.2 Å². The monoisotopic (exact) mass is 395 g/mol. The summed E-state index contributed by atoms with van der Waals surface area (Å²) in [6.07, 6.45) is 1.75. The quantitative estimate of drug-likeness (QED) is 0.369. The van der Waals surface area contributed by atoms with Gasteiger partial charge in [-0.2, -0.15) is 0 Å². The molecule has 3 rings (SSSR count). The first-order chi connectivity index (χ1) is 12.9. The summed E-state index contributed by atoms with van der Waals surface area (Å²) in [7, 11) is 0. The molecule has 0 aliphatic rings. The van der Waals surface area contributed by atoms with E-state index in [2.05, 4.69) is 4.98 Å². The van der Waals surface area contributed by atoms with E-state index in [1.165, 1.54) is 13.0 Å². The molecule has 0 N–H and O–H groups in total. The maximum atomic E-state index is 14.4. The average molecular weight is 396 g/mol. The normalized spacial score (nSPS) is 12.1. The van der Waals surface area contributed by atoms with Gasteiger partial charge in [-0.1, -0.05) is 11.6 Å². The summed E-state index contributed by atoms with van der Waals surface area (Å²) in [6.45, 7) is 3.89. The van der Waals surface area contributed by atoms with Crippen molar-refractivity contribution in [2.45, 2.75) is 20.3 Å². The van der Waals surface area contributed by atoms with E-state index in [1.807, 2.05) is 6.92 Å². The minimum atomic E-state index is -1.20. The van der Waals surface area contributed by atoms with Crippen LogP contribution < -0.4 is 0 Å². The van der Waals surface area contributed by atoms with Gasteiger partial charge >= 0.3 is 0 Å². The Morgan fingerprint density at radius 1 is 1.22 bits per heavy atom. The van der Waals surface area contributed by atoms with Crippen molar-refractivity contribution in [3.05, 3.63) is 63.8 Å². The van der Waals surface area contributed by atoms with Gasteiger partial charge in [-0.15, -0.1) is 0 Å². The number of fused-ring (bicyclic) bond motifs is 1. The molecule has 1 heterocycles. The first-order valence-electron chi connectivity index (χ1n) is 8.39. The van der Waals surface area contributed by atoms with Crippen LogP contribution in [-0.2, 0) is 4.74 Å².